The van der Waals surface area contributed by atoms with Gasteiger partial charge in [-0.25, -0.2) is 0 Å². The fourth-order valence-electron chi connectivity index (χ4n) is 4.01. The van der Waals surface area contributed by atoms with Crippen LogP contribution in [0, 0.1) is 17.2 Å². The highest BCUT2D eigenvalue weighted by molar-refractivity contribution is 5.98. The summed E-state index contributed by atoms with van der Waals surface area (Å²) < 4.78 is 5.99. The van der Waals surface area contributed by atoms with E-state index in [9.17, 15) is 14.4 Å². The maximum absolute atomic E-state index is 12.8. The first-order valence-corrected chi connectivity index (χ1v) is 11.3. The molecule has 1 aromatic carbocycles. The van der Waals surface area contributed by atoms with E-state index >= 15 is 0 Å². The van der Waals surface area contributed by atoms with Gasteiger partial charge in [0.15, 0.2) is 5.78 Å². The summed E-state index contributed by atoms with van der Waals surface area (Å²) in [7, 11) is 0. The Morgan fingerprint density at radius 3 is 2.58 bits per heavy atom. The molecular weight excluding hydrogens is 418 g/mol. The third kappa shape index (κ3) is 7.06. The number of benzene rings is 1. The van der Waals surface area contributed by atoms with Gasteiger partial charge < -0.3 is 14.4 Å². The van der Waals surface area contributed by atoms with Gasteiger partial charge in [0.05, 0.1) is 17.7 Å². The number of carbonyl (C=O) groups excluding carboxylic acids is 3. The summed E-state index contributed by atoms with van der Waals surface area (Å²) in [5.41, 5.74) is 2.07. The van der Waals surface area contributed by atoms with Crippen molar-refractivity contribution in [3.05, 3.63) is 65.5 Å². The Morgan fingerprint density at radius 2 is 1.97 bits per heavy atom. The van der Waals surface area contributed by atoms with Crippen LogP contribution in [0.4, 0.5) is 0 Å². The second-order valence-electron chi connectivity index (χ2n) is 8.45. The number of nitrogens with zero attached hydrogens (tertiary/aromatic N) is 3. The highest BCUT2D eigenvalue weighted by Gasteiger charge is 2.29. The summed E-state index contributed by atoms with van der Waals surface area (Å²) in [4.78, 5) is 42.7. The van der Waals surface area contributed by atoms with E-state index in [2.05, 4.69) is 4.98 Å². The number of Topliss-reactive ketones (excluding diaryl/α,β-unsaturated/α-hetero) is 1. The molecular formula is C26H29N3O4. The molecule has 172 valence electrons. The monoisotopic (exact) mass is 447 g/mol. The van der Waals surface area contributed by atoms with Crippen molar-refractivity contribution in [1.82, 2.24) is 9.88 Å². The van der Waals surface area contributed by atoms with E-state index in [1.54, 1.807) is 48.5 Å². The lowest BCUT2D eigenvalue weighted by Gasteiger charge is -2.34. The molecule has 2 heterocycles. The standard InChI is InChI=1S/C26H29N3O4/c1-19(15-25(31)22-7-4-20(16-27)5-8-22)26(32)29-13-10-23(11-14-29)33-24(18-30)9-6-21-3-2-12-28-17-21/h2-5,7-8,12,17-19,23-24H,6,9-11,13-15H2,1H3. The summed E-state index contributed by atoms with van der Waals surface area (Å²) in [6, 6.07) is 12.3. The molecule has 0 bridgehead atoms. The van der Waals surface area contributed by atoms with E-state index < -0.39 is 12.0 Å². The second-order valence-corrected chi connectivity index (χ2v) is 8.45. The van der Waals surface area contributed by atoms with Crippen LogP contribution in [0.25, 0.3) is 0 Å². The third-order valence-corrected chi connectivity index (χ3v) is 5.96. The van der Waals surface area contributed by atoms with E-state index in [0.29, 0.717) is 43.5 Å². The van der Waals surface area contributed by atoms with Gasteiger partial charge in [-0.3, -0.25) is 14.6 Å². The van der Waals surface area contributed by atoms with Crippen molar-refractivity contribution in [2.45, 2.75) is 51.2 Å². The predicted octanol–water partition coefficient (Wildman–Crippen LogP) is 3.37. The molecule has 2 unspecified atom stereocenters. The molecule has 1 aliphatic heterocycles. The van der Waals surface area contributed by atoms with Crippen LogP contribution < -0.4 is 0 Å². The van der Waals surface area contributed by atoms with Crippen LogP contribution in [0.5, 0.6) is 0 Å². The van der Waals surface area contributed by atoms with Crippen LogP contribution >= 0.6 is 0 Å². The quantitative estimate of drug-likeness (QED) is 0.409. The van der Waals surface area contributed by atoms with Crippen LogP contribution in [-0.4, -0.2) is 53.2 Å². The molecule has 1 aliphatic rings. The molecule has 0 radical (unpaired) electrons. The van der Waals surface area contributed by atoms with E-state index in [1.807, 2.05) is 18.2 Å². The third-order valence-electron chi connectivity index (χ3n) is 5.96. The van der Waals surface area contributed by atoms with Gasteiger partial charge in [0, 0.05) is 43.4 Å². The Labute approximate surface area is 194 Å². The highest BCUT2D eigenvalue weighted by Crippen LogP contribution is 2.20. The van der Waals surface area contributed by atoms with Crippen LogP contribution in [-0.2, 0) is 20.7 Å². The Balaban J connectivity index is 1.43. The fourth-order valence-corrected chi connectivity index (χ4v) is 4.01. The zero-order valence-electron chi connectivity index (χ0n) is 18.9. The molecule has 1 saturated heterocycles. The number of ether oxygens (including phenoxy) is 1. The van der Waals surface area contributed by atoms with Crippen molar-refractivity contribution in [2.24, 2.45) is 5.92 Å². The minimum absolute atomic E-state index is 0.0426. The number of amides is 1. The first-order valence-electron chi connectivity index (χ1n) is 11.3. The number of ketones is 1. The average molecular weight is 448 g/mol. The van der Waals surface area contributed by atoms with Gasteiger partial charge in [0.2, 0.25) is 5.91 Å². The molecule has 2 aromatic rings. The van der Waals surface area contributed by atoms with E-state index in [4.69, 9.17) is 10.00 Å². The van der Waals surface area contributed by atoms with Crippen molar-refractivity contribution in [1.29, 1.82) is 5.26 Å². The number of nitriles is 1. The molecule has 3 rings (SSSR count). The zero-order chi connectivity index (χ0) is 23.6. The molecule has 0 saturated carbocycles. The van der Waals surface area contributed by atoms with Crippen molar-refractivity contribution >= 4 is 18.0 Å². The summed E-state index contributed by atoms with van der Waals surface area (Å²) >= 11 is 0. The molecule has 1 fully saturated rings. The number of piperidine rings is 1. The van der Waals surface area contributed by atoms with Crippen LogP contribution in [0.2, 0.25) is 0 Å². The molecule has 33 heavy (non-hydrogen) atoms. The summed E-state index contributed by atoms with van der Waals surface area (Å²) in [5.74, 6) is -0.576. The lowest BCUT2D eigenvalue weighted by Crippen LogP contribution is -2.44. The van der Waals surface area contributed by atoms with Crippen LogP contribution in [0.15, 0.2) is 48.8 Å². The molecule has 1 aromatic heterocycles. The SMILES string of the molecule is CC(CC(=O)c1ccc(C#N)cc1)C(=O)N1CCC(OC(C=O)CCc2cccnc2)CC1. The van der Waals surface area contributed by atoms with E-state index in [-0.39, 0.29) is 24.2 Å². The average Bonchev–Trinajstić information content (AvgIpc) is 2.87. The van der Waals surface area contributed by atoms with Gasteiger partial charge in [0.1, 0.15) is 12.4 Å². The smallest absolute Gasteiger partial charge is 0.225 e. The Bertz CT molecular complexity index is 977. The van der Waals surface area contributed by atoms with Crippen molar-refractivity contribution in [2.75, 3.05) is 13.1 Å². The lowest BCUT2D eigenvalue weighted by atomic mass is 9.96. The number of hydrogen-bond donors (Lipinski definition) is 0. The topological polar surface area (TPSA) is 100 Å². The van der Waals surface area contributed by atoms with Gasteiger partial charge in [0.25, 0.3) is 0 Å². The highest BCUT2D eigenvalue weighted by atomic mass is 16.5. The maximum atomic E-state index is 12.8. The number of aldehydes is 1. The van der Waals surface area contributed by atoms with Crippen LogP contribution in [0.3, 0.4) is 0 Å². The summed E-state index contributed by atoms with van der Waals surface area (Å²) in [6.07, 6.45) is 6.61. The van der Waals surface area contributed by atoms with Gasteiger partial charge in [-0.05, 0) is 49.4 Å². The lowest BCUT2D eigenvalue weighted by molar-refractivity contribution is -0.140. The van der Waals surface area contributed by atoms with Crippen molar-refractivity contribution in [3.8, 4) is 6.07 Å². The Morgan fingerprint density at radius 1 is 1.24 bits per heavy atom. The number of rotatable bonds is 10. The van der Waals surface area contributed by atoms with E-state index in [1.165, 1.54) is 0 Å². The number of hydrogen-bond acceptors (Lipinski definition) is 6. The number of carbonyl (C=O) groups is 3. The van der Waals surface area contributed by atoms with Crippen molar-refractivity contribution in [3.63, 3.8) is 0 Å². The second kappa shape index (κ2) is 12.0. The first-order chi connectivity index (χ1) is 16.0. The number of pyridine rings is 1. The zero-order valence-corrected chi connectivity index (χ0v) is 18.9. The maximum Gasteiger partial charge on any atom is 0.225 e. The number of aromatic nitrogens is 1. The summed E-state index contributed by atoms with van der Waals surface area (Å²) in [5, 5.41) is 8.87. The normalized spacial score (nSPS) is 15.9. The largest absolute Gasteiger partial charge is 0.367 e. The first kappa shape index (κ1) is 24.3. The molecule has 2 atom stereocenters. The Hall–Kier alpha value is -3.37. The molecule has 0 spiro atoms. The Kier molecular flexibility index (Phi) is 8.85. The predicted molar refractivity (Wildman–Crippen MR) is 122 cm³/mol. The van der Waals surface area contributed by atoms with E-state index in [0.717, 1.165) is 18.3 Å². The molecule has 7 heteroatoms. The molecule has 1 amide bonds. The minimum Gasteiger partial charge on any atom is -0.367 e. The fraction of sp³-hybridized carbons (Fsp3) is 0.423. The molecule has 0 aliphatic carbocycles. The van der Waals surface area contributed by atoms with Gasteiger partial charge in [-0.15, -0.1) is 0 Å². The summed E-state index contributed by atoms with van der Waals surface area (Å²) in [6.45, 7) is 2.87. The number of aryl methyl sites for hydroxylation is 1. The van der Waals surface area contributed by atoms with Crippen molar-refractivity contribution < 1.29 is 19.1 Å². The van der Waals surface area contributed by atoms with Gasteiger partial charge in [-0.2, -0.15) is 5.26 Å². The minimum atomic E-state index is -0.471. The van der Waals surface area contributed by atoms with Gasteiger partial charge >= 0.3 is 0 Å². The van der Waals surface area contributed by atoms with Crippen LogP contribution in [0.1, 0.15) is 54.1 Å². The molecule has 0 N–H and O–H groups in total. The number of likely N-dealkylation sites (tertiary alicyclic amines) is 1. The van der Waals surface area contributed by atoms with Gasteiger partial charge in [-0.1, -0.05) is 25.1 Å². The molecule has 7 nitrogen and oxygen atoms in total.